The number of carbonyl (C=O) groups is 3. The van der Waals surface area contributed by atoms with Crippen LogP contribution in [0.5, 0.6) is 17.2 Å². The molecule has 3 N–H and O–H groups in total. The van der Waals surface area contributed by atoms with E-state index in [9.17, 15) is 29.7 Å². The average Bonchev–Trinajstić information content (AvgIpc) is 3.14. The Morgan fingerprint density at radius 1 is 1.12 bits per heavy atom. The van der Waals surface area contributed by atoms with E-state index in [1.807, 2.05) is 40.7 Å². The van der Waals surface area contributed by atoms with Gasteiger partial charge in [0, 0.05) is 35.8 Å². The number of phenolic OH excluding ortho intramolecular Hbond substituents is 1. The SMILES string of the molecule is CC(C)=CCC[C@@]1(C)C=Cc2c(O)c3c(c(CC(O)C(C)(C)O)c2O1)O[C@]12C(=C[C@@H]4CC1C(C)(C)OC2(C/C=C(/C)OC=O)C4=O)C3=O. The molecular formula is C38H46O10. The molecule has 1 saturated carbocycles. The zero-order valence-corrected chi connectivity index (χ0v) is 28.9. The Morgan fingerprint density at radius 3 is 2.48 bits per heavy atom. The first-order valence-electron chi connectivity index (χ1n) is 16.6. The standard InChI is InChI=1S/C38H46O10/c1-20(2)10-9-13-36(8)14-12-23-29(41)28-30(42)25-16-22-17-26-35(6,7)48-37(33(22)43,15-11-21(3)45-19-39)38(25,26)47-32(28)24(31(23)46-36)18-27(40)34(4,5)44/h10-12,14,16,19,22,26-27,40-41,44H,9,13,15,17-18H2,1-8H3/b21-11-/t22-,26?,27?,36+,37?,38-/m1/s1. The third-order valence-corrected chi connectivity index (χ3v) is 10.9. The van der Waals surface area contributed by atoms with Crippen LogP contribution in [0.25, 0.3) is 6.08 Å². The maximum atomic E-state index is 14.8. The van der Waals surface area contributed by atoms with Crippen molar-refractivity contribution >= 4 is 24.1 Å². The van der Waals surface area contributed by atoms with Gasteiger partial charge in [0.1, 0.15) is 34.2 Å². The van der Waals surface area contributed by atoms with Gasteiger partial charge in [0.2, 0.25) is 0 Å². The fourth-order valence-electron chi connectivity index (χ4n) is 8.34. The molecule has 6 aliphatic rings. The predicted molar refractivity (Wildman–Crippen MR) is 177 cm³/mol. The third kappa shape index (κ3) is 4.90. The maximum absolute atomic E-state index is 14.8. The molecular weight excluding hydrogens is 616 g/mol. The summed E-state index contributed by atoms with van der Waals surface area (Å²) in [5.41, 5.74) is -4.63. The Hall–Kier alpha value is -3.73. The highest BCUT2D eigenvalue weighted by molar-refractivity contribution is 6.19. The second kappa shape index (κ2) is 11.1. The van der Waals surface area contributed by atoms with E-state index in [0.29, 0.717) is 24.9 Å². The Bertz CT molecular complexity index is 1720. The van der Waals surface area contributed by atoms with Gasteiger partial charge >= 0.3 is 0 Å². The number of phenols is 1. The highest BCUT2D eigenvalue weighted by Gasteiger charge is 2.81. The van der Waals surface area contributed by atoms with Gasteiger partial charge in [-0.2, -0.15) is 0 Å². The van der Waals surface area contributed by atoms with E-state index in [4.69, 9.17) is 18.9 Å². The number of carbonyl (C=O) groups excluding carboxylic acids is 3. The van der Waals surface area contributed by atoms with Crippen molar-refractivity contribution in [1.29, 1.82) is 0 Å². The topological polar surface area (TPSA) is 149 Å². The van der Waals surface area contributed by atoms with E-state index in [1.54, 1.807) is 25.2 Å². The summed E-state index contributed by atoms with van der Waals surface area (Å²) in [5, 5.41) is 33.9. The minimum Gasteiger partial charge on any atom is -0.506 e. The van der Waals surface area contributed by atoms with Crippen LogP contribution in [0.1, 0.15) is 103 Å². The zero-order valence-electron chi connectivity index (χ0n) is 28.9. The van der Waals surface area contributed by atoms with Gasteiger partial charge in [-0.05, 0) is 92.9 Å². The first kappa shape index (κ1) is 34.1. The average molecular weight is 663 g/mol. The molecule has 1 spiro atoms. The molecule has 10 heteroatoms. The number of Topliss-reactive ketones (excluding diaryl/α,β-unsaturated/α-hetero) is 2. The van der Waals surface area contributed by atoms with Crippen LogP contribution in [0.2, 0.25) is 0 Å². The Balaban J connectivity index is 1.59. The number of hydrogen-bond acceptors (Lipinski definition) is 10. The number of ketones is 2. The molecule has 258 valence electrons. The number of rotatable bonds is 10. The second-order valence-corrected chi connectivity index (χ2v) is 15.5. The molecule has 10 nitrogen and oxygen atoms in total. The monoisotopic (exact) mass is 662 g/mol. The molecule has 3 heterocycles. The molecule has 1 saturated heterocycles. The first-order chi connectivity index (χ1) is 22.3. The van der Waals surface area contributed by atoms with Crippen LogP contribution in [0.4, 0.5) is 0 Å². The highest BCUT2D eigenvalue weighted by atomic mass is 16.6. The minimum atomic E-state index is -1.66. The van der Waals surface area contributed by atoms with E-state index < -0.39 is 51.7 Å². The fourth-order valence-corrected chi connectivity index (χ4v) is 8.34. The predicted octanol–water partition coefficient (Wildman–Crippen LogP) is 5.45. The lowest BCUT2D eigenvalue weighted by molar-refractivity contribution is -0.171. The van der Waals surface area contributed by atoms with Crippen molar-refractivity contribution in [3.05, 3.63) is 57.9 Å². The summed E-state index contributed by atoms with van der Waals surface area (Å²) in [6.45, 7) is 14.6. The number of allylic oxidation sites excluding steroid dienone is 4. The molecule has 7 rings (SSSR count). The van der Waals surface area contributed by atoms with Crippen LogP contribution in [0.3, 0.4) is 0 Å². The lowest BCUT2D eigenvalue weighted by Gasteiger charge is -2.56. The normalized spacial score (nSPS) is 31.5. The van der Waals surface area contributed by atoms with Crippen molar-refractivity contribution in [2.75, 3.05) is 0 Å². The molecule has 3 aliphatic heterocycles. The number of fused-ring (bicyclic) bond motifs is 2. The summed E-state index contributed by atoms with van der Waals surface area (Å²) in [7, 11) is 0. The fraction of sp³-hybridized carbons (Fsp3) is 0.553. The summed E-state index contributed by atoms with van der Waals surface area (Å²) in [6, 6.07) is 0. The van der Waals surface area contributed by atoms with Crippen LogP contribution in [-0.4, -0.2) is 67.5 Å². The number of aromatic hydroxyl groups is 1. The number of ether oxygens (including phenoxy) is 4. The van der Waals surface area contributed by atoms with Crippen LogP contribution in [-0.2, 0) is 25.5 Å². The second-order valence-electron chi connectivity index (χ2n) is 15.5. The number of aliphatic hydroxyl groups is 2. The molecule has 0 aromatic heterocycles. The Morgan fingerprint density at radius 2 is 1.83 bits per heavy atom. The van der Waals surface area contributed by atoms with Gasteiger partial charge in [0.25, 0.3) is 6.47 Å². The summed E-state index contributed by atoms with van der Waals surface area (Å²) in [6.07, 6.45) is 9.12. The molecule has 3 aliphatic carbocycles. The van der Waals surface area contributed by atoms with E-state index in [0.717, 1.165) is 6.42 Å². The van der Waals surface area contributed by atoms with Crippen LogP contribution < -0.4 is 9.47 Å². The summed E-state index contributed by atoms with van der Waals surface area (Å²) in [5.74, 6) is -1.65. The Labute approximate surface area is 281 Å². The number of benzene rings is 1. The van der Waals surface area contributed by atoms with Gasteiger partial charge in [-0.15, -0.1) is 0 Å². The van der Waals surface area contributed by atoms with Crippen molar-refractivity contribution in [3.8, 4) is 17.2 Å². The summed E-state index contributed by atoms with van der Waals surface area (Å²) in [4.78, 5) is 40.2. The van der Waals surface area contributed by atoms with Gasteiger partial charge in [0.05, 0.1) is 22.9 Å². The van der Waals surface area contributed by atoms with E-state index in [2.05, 4.69) is 6.08 Å². The van der Waals surface area contributed by atoms with Crippen molar-refractivity contribution in [2.45, 2.75) is 122 Å². The molecule has 6 atom stereocenters. The summed E-state index contributed by atoms with van der Waals surface area (Å²) < 4.78 is 25.5. The van der Waals surface area contributed by atoms with Gasteiger partial charge < -0.3 is 34.3 Å². The van der Waals surface area contributed by atoms with Gasteiger partial charge in [-0.25, -0.2) is 0 Å². The quantitative estimate of drug-likeness (QED) is 0.168. The van der Waals surface area contributed by atoms with Crippen molar-refractivity contribution in [2.24, 2.45) is 11.8 Å². The van der Waals surface area contributed by atoms with E-state index in [-0.39, 0.29) is 58.3 Å². The van der Waals surface area contributed by atoms with Gasteiger partial charge in [-0.1, -0.05) is 17.7 Å². The molecule has 1 aromatic rings. The molecule has 0 amide bonds. The van der Waals surface area contributed by atoms with Crippen molar-refractivity contribution in [1.82, 2.24) is 0 Å². The lowest BCUT2D eigenvalue weighted by Crippen LogP contribution is -2.72. The van der Waals surface area contributed by atoms with Crippen LogP contribution in [0.15, 0.2) is 41.2 Å². The molecule has 4 bridgehead atoms. The van der Waals surface area contributed by atoms with Crippen molar-refractivity contribution in [3.63, 3.8) is 0 Å². The number of aliphatic hydroxyl groups excluding tert-OH is 1. The minimum absolute atomic E-state index is 0.00711. The van der Waals surface area contributed by atoms with Crippen LogP contribution in [0, 0.1) is 11.8 Å². The smallest absolute Gasteiger partial charge is 0.298 e. The first-order valence-corrected chi connectivity index (χ1v) is 16.6. The van der Waals surface area contributed by atoms with Gasteiger partial charge in [-0.3, -0.25) is 14.4 Å². The largest absolute Gasteiger partial charge is 0.506 e. The zero-order chi connectivity index (χ0) is 35.2. The summed E-state index contributed by atoms with van der Waals surface area (Å²) >= 11 is 0. The molecule has 2 fully saturated rings. The van der Waals surface area contributed by atoms with Crippen molar-refractivity contribution < 1.29 is 48.7 Å². The maximum Gasteiger partial charge on any atom is 0.298 e. The number of hydrogen-bond donors (Lipinski definition) is 3. The van der Waals surface area contributed by atoms with Gasteiger partial charge in [0.15, 0.2) is 22.8 Å². The third-order valence-electron chi connectivity index (χ3n) is 10.9. The van der Waals surface area contributed by atoms with E-state index >= 15 is 0 Å². The highest BCUT2D eigenvalue weighted by Crippen LogP contribution is 2.68. The molecule has 0 radical (unpaired) electrons. The van der Waals surface area contributed by atoms with Crippen LogP contribution >= 0.6 is 0 Å². The lowest BCUT2D eigenvalue weighted by atomic mass is 9.51. The Kier molecular flexibility index (Phi) is 7.93. The molecule has 48 heavy (non-hydrogen) atoms. The molecule has 3 unspecified atom stereocenters. The molecule has 1 aromatic carbocycles. The van der Waals surface area contributed by atoms with E-state index in [1.165, 1.54) is 19.4 Å².